The summed E-state index contributed by atoms with van der Waals surface area (Å²) in [5.74, 6) is 0.735. The molecular weight excluding hydrogens is 250 g/mol. The number of rotatable bonds is 4. The minimum absolute atomic E-state index is 0.0346. The van der Waals surface area contributed by atoms with E-state index in [2.05, 4.69) is 33.0 Å². The fraction of sp³-hybridized carbons (Fsp3) is 1.00. The van der Waals surface area contributed by atoms with Gasteiger partial charge in [-0.25, -0.2) is 0 Å². The Kier molecular flexibility index (Phi) is 5.17. The molecule has 6 heteroatoms. The fourth-order valence-electron chi connectivity index (χ4n) is 2.26. The molecule has 0 aromatic carbocycles. The maximum Gasteiger partial charge on any atom is 0.281 e. The predicted octanol–water partition coefficient (Wildman–Crippen LogP) is 0.747. The van der Waals surface area contributed by atoms with Crippen LogP contribution in [0.2, 0.25) is 0 Å². The molecule has 1 rings (SSSR count). The highest BCUT2D eigenvalue weighted by Crippen LogP contribution is 2.22. The highest BCUT2D eigenvalue weighted by molar-refractivity contribution is 7.86. The summed E-state index contributed by atoms with van der Waals surface area (Å²) in [4.78, 5) is 0. The molecule has 1 saturated heterocycles. The number of nitrogens with one attached hydrogen (secondary N) is 1. The molecule has 108 valence electrons. The van der Waals surface area contributed by atoms with Gasteiger partial charge in [-0.2, -0.15) is 17.0 Å². The van der Waals surface area contributed by atoms with Gasteiger partial charge in [-0.1, -0.05) is 27.7 Å². The maximum absolute atomic E-state index is 12.4. The van der Waals surface area contributed by atoms with E-state index in [1.165, 1.54) is 4.31 Å². The number of nitrogens with zero attached hydrogens (tertiary/aromatic N) is 2. The van der Waals surface area contributed by atoms with Gasteiger partial charge in [-0.15, -0.1) is 0 Å². The van der Waals surface area contributed by atoms with E-state index in [1.807, 2.05) is 0 Å². The van der Waals surface area contributed by atoms with Gasteiger partial charge in [0.05, 0.1) is 0 Å². The van der Waals surface area contributed by atoms with Crippen molar-refractivity contribution in [2.75, 3.05) is 27.2 Å². The molecular formula is C12H27N3O2S. The van der Waals surface area contributed by atoms with Gasteiger partial charge in [0, 0.05) is 39.3 Å². The van der Waals surface area contributed by atoms with Crippen LogP contribution in [-0.2, 0) is 10.2 Å². The number of hydrogen-bond donors (Lipinski definition) is 1. The van der Waals surface area contributed by atoms with E-state index >= 15 is 0 Å². The molecule has 2 unspecified atom stereocenters. The lowest BCUT2D eigenvalue weighted by molar-refractivity contribution is 0.156. The lowest BCUT2D eigenvalue weighted by atomic mass is 9.96. The van der Waals surface area contributed by atoms with Crippen molar-refractivity contribution in [2.45, 2.75) is 39.8 Å². The summed E-state index contributed by atoms with van der Waals surface area (Å²) in [5.41, 5.74) is 0. The molecule has 5 nitrogen and oxygen atoms in total. The van der Waals surface area contributed by atoms with E-state index in [9.17, 15) is 8.42 Å². The Morgan fingerprint density at radius 3 is 2.11 bits per heavy atom. The molecule has 0 amide bonds. The summed E-state index contributed by atoms with van der Waals surface area (Å²) in [7, 11) is -0.141. The van der Waals surface area contributed by atoms with Gasteiger partial charge in [-0.3, -0.25) is 0 Å². The lowest BCUT2D eigenvalue weighted by Gasteiger charge is -2.43. The normalized spacial score (nSPS) is 27.4. The van der Waals surface area contributed by atoms with Crippen molar-refractivity contribution in [3.05, 3.63) is 0 Å². The second-order valence-corrected chi connectivity index (χ2v) is 8.02. The average molecular weight is 277 g/mol. The quantitative estimate of drug-likeness (QED) is 0.825. The molecule has 1 N–H and O–H groups in total. The first-order chi connectivity index (χ1) is 8.17. The van der Waals surface area contributed by atoms with Crippen LogP contribution >= 0.6 is 0 Å². The molecule has 0 radical (unpaired) electrons. The van der Waals surface area contributed by atoms with Crippen LogP contribution in [-0.4, -0.2) is 56.3 Å². The van der Waals surface area contributed by atoms with E-state index in [4.69, 9.17) is 0 Å². The van der Waals surface area contributed by atoms with Crippen molar-refractivity contribution in [3.8, 4) is 0 Å². The predicted molar refractivity (Wildman–Crippen MR) is 74.6 cm³/mol. The molecule has 0 spiro atoms. The highest BCUT2D eigenvalue weighted by Gasteiger charge is 2.39. The van der Waals surface area contributed by atoms with Crippen LogP contribution < -0.4 is 5.32 Å². The van der Waals surface area contributed by atoms with Crippen LogP contribution in [0.3, 0.4) is 0 Å². The molecule has 0 aromatic rings. The molecule has 0 saturated carbocycles. The third-order valence-corrected chi connectivity index (χ3v) is 5.60. The molecule has 0 aliphatic carbocycles. The van der Waals surface area contributed by atoms with Crippen LogP contribution in [0.25, 0.3) is 0 Å². The lowest BCUT2D eigenvalue weighted by Crippen LogP contribution is -2.62. The summed E-state index contributed by atoms with van der Waals surface area (Å²) < 4.78 is 27.8. The van der Waals surface area contributed by atoms with Crippen LogP contribution in [0.1, 0.15) is 27.7 Å². The van der Waals surface area contributed by atoms with E-state index < -0.39 is 10.2 Å². The Labute approximate surface area is 112 Å². The molecule has 2 atom stereocenters. The molecule has 1 heterocycles. The van der Waals surface area contributed by atoms with E-state index in [0.29, 0.717) is 18.4 Å². The number of piperazine rings is 1. The van der Waals surface area contributed by atoms with Gasteiger partial charge < -0.3 is 5.32 Å². The smallest absolute Gasteiger partial charge is 0.281 e. The summed E-state index contributed by atoms with van der Waals surface area (Å²) in [6, 6.07) is 0.266. The summed E-state index contributed by atoms with van der Waals surface area (Å²) in [6.07, 6.45) is 0. The van der Waals surface area contributed by atoms with Crippen LogP contribution in [0.5, 0.6) is 0 Å². The van der Waals surface area contributed by atoms with E-state index in [0.717, 1.165) is 6.54 Å². The third kappa shape index (κ3) is 3.23. The van der Waals surface area contributed by atoms with Gasteiger partial charge in [0.1, 0.15) is 0 Å². The van der Waals surface area contributed by atoms with Crippen LogP contribution in [0.4, 0.5) is 0 Å². The van der Waals surface area contributed by atoms with Crippen LogP contribution in [0, 0.1) is 11.8 Å². The minimum Gasteiger partial charge on any atom is -0.311 e. The van der Waals surface area contributed by atoms with Gasteiger partial charge in [0.25, 0.3) is 10.2 Å². The zero-order valence-electron chi connectivity index (χ0n) is 12.3. The molecule has 1 aliphatic heterocycles. The first-order valence-corrected chi connectivity index (χ1v) is 8.00. The van der Waals surface area contributed by atoms with Crippen molar-refractivity contribution in [1.82, 2.24) is 13.9 Å². The first kappa shape index (κ1) is 15.9. The largest absolute Gasteiger partial charge is 0.311 e. The molecule has 0 aromatic heterocycles. The second kappa shape index (κ2) is 5.86. The summed E-state index contributed by atoms with van der Waals surface area (Å²) >= 11 is 0. The van der Waals surface area contributed by atoms with Crippen molar-refractivity contribution in [2.24, 2.45) is 11.8 Å². The first-order valence-electron chi connectivity index (χ1n) is 6.60. The fourth-order valence-corrected chi connectivity index (χ4v) is 3.69. The van der Waals surface area contributed by atoms with Crippen molar-refractivity contribution in [1.29, 1.82) is 0 Å². The van der Waals surface area contributed by atoms with Crippen molar-refractivity contribution in [3.63, 3.8) is 0 Å². The monoisotopic (exact) mass is 277 g/mol. The Hall–Kier alpha value is -0.170. The minimum atomic E-state index is -3.33. The zero-order valence-corrected chi connectivity index (χ0v) is 13.2. The third-order valence-electron chi connectivity index (χ3n) is 3.67. The highest BCUT2D eigenvalue weighted by atomic mass is 32.2. The molecule has 1 aliphatic rings. The standard InChI is InChI=1S/C12H27N3O2S/c1-9(2)11-8-15(18(16,17)14(5)6)12(7-13-11)10(3)4/h9-13H,7-8H2,1-6H3. The Morgan fingerprint density at radius 2 is 1.72 bits per heavy atom. The van der Waals surface area contributed by atoms with Crippen molar-refractivity contribution < 1.29 is 8.42 Å². The van der Waals surface area contributed by atoms with Gasteiger partial charge in [0.2, 0.25) is 0 Å². The molecule has 1 fully saturated rings. The maximum atomic E-state index is 12.4. The Morgan fingerprint density at radius 1 is 1.17 bits per heavy atom. The van der Waals surface area contributed by atoms with Gasteiger partial charge >= 0.3 is 0 Å². The van der Waals surface area contributed by atoms with Gasteiger partial charge in [0.15, 0.2) is 0 Å². The summed E-state index contributed by atoms with van der Waals surface area (Å²) in [6.45, 7) is 9.66. The topological polar surface area (TPSA) is 52.7 Å². The average Bonchev–Trinajstić information content (AvgIpc) is 2.27. The van der Waals surface area contributed by atoms with E-state index in [1.54, 1.807) is 18.4 Å². The van der Waals surface area contributed by atoms with Gasteiger partial charge in [-0.05, 0) is 11.8 Å². The Balaban J connectivity index is 2.99. The molecule has 0 bridgehead atoms. The van der Waals surface area contributed by atoms with Crippen LogP contribution in [0.15, 0.2) is 0 Å². The SMILES string of the molecule is CC(C)C1CN(S(=O)(=O)N(C)C)C(C(C)C)CN1. The Bertz CT molecular complexity index is 366. The van der Waals surface area contributed by atoms with E-state index in [-0.39, 0.29) is 12.1 Å². The van der Waals surface area contributed by atoms with Crippen molar-refractivity contribution >= 4 is 10.2 Å². The zero-order chi connectivity index (χ0) is 14.1. The number of hydrogen-bond acceptors (Lipinski definition) is 3. The second-order valence-electron chi connectivity index (χ2n) is 5.93. The summed E-state index contributed by atoms with van der Waals surface area (Å²) in [5, 5.41) is 3.47. The molecule has 18 heavy (non-hydrogen) atoms.